The van der Waals surface area contributed by atoms with Crippen molar-refractivity contribution in [2.75, 3.05) is 19.8 Å². The molecule has 0 spiro atoms. The monoisotopic (exact) mass is 838 g/mol. The van der Waals surface area contributed by atoms with Crippen LogP contribution in [0.1, 0.15) is 169 Å². The van der Waals surface area contributed by atoms with Crippen molar-refractivity contribution in [1.29, 1.82) is 0 Å². The number of phenolic OH excluding ortho intramolecular Hbond substituents is 1. The molecule has 0 amide bonds. The minimum atomic E-state index is -0.138. The maximum atomic E-state index is 12.5. The van der Waals surface area contributed by atoms with E-state index >= 15 is 0 Å². The second-order valence-corrected chi connectivity index (χ2v) is 20.5. The topological polar surface area (TPSA) is 64.2 Å². The van der Waals surface area contributed by atoms with Crippen LogP contribution in [0.2, 0.25) is 0 Å². The molecule has 4 aromatic carbocycles. The molecule has 0 atom stereocenters. The highest BCUT2D eigenvalue weighted by Crippen LogP contribution is 2.44. The summed E-state index contributed by atoms with van der Waals surface area (Å²) in [7, 11) is 2.03. The Morgan fingerprint density at radius 1 is 0.532 bits per heavy atom. The van der Waals surface area contributed by atoms with Gasteiger partial charge in [0.1, 0.15) is 30.0 Å². The quantitative estimate of drug-likeness (QED) is 0.104. The molecule has 1 aromatic heterocycles. The van der Waals surface area contributed by atoms with Crippen molar-refractivity contribution in [3.8, 4) is 23.0 Å². The summed E-state index contributed by atoms with van der Waals surface area (Å²) in [6.45, 7) is 28.8. The third-order valence-electron chi connectivity index (χ3n) is 11.9. The number of phenols is 1. The molecule has 6 rings (SSSR count). The molecule has 330 valence electrons. The molecule has 6 heteroatoms. The zero-order valence-electron chi connectivity index (χ0n) is 40.1. The SMILES string of the molecule is CCCOc1c2cc(C(C)(C)C)cc1Cc1cc(C(C)(C)C)cc(c1OCCC)Cc1cc(C(C)(C)C)cc(c1OCCC)Cc1cc(N=Cc3cccc[n+]3C)cc(c1O)C2. The first kappa shape index (κ1) is 46.4. The molecule has 0 fully saturated rings. The normalized spacial score (nSPS) is 13.4. The van der Waals surface area contributed by atoms with Crippen LogP contribution in [-0.2, 0) is 49.0 Å². The molecule has 1 N–H and O–H groups in total. The van der Waals surface area contributed by atoms with E-state index in [4.69, 9.17) is 19.2 Å². The van der Waals surface area contributed by atoms with Crippen molar-refractivity contribution < 1.29 is 23.9 Å². The zero-order valence-corrected chi connectivity index (χ0v) is 40.1. The van der Waals surface area contributed by atoms with Gasteiger partial charge in [-0.1, -0.05) is 119 Å². The van der Waals surface area contributed by atoms with Crippen LogP contribution < -0.4 is 18.8 Å². The van der Waals surface area contributed by atoms with Gasteiger partial charge in [-0.05, 0) is 104 Å². The summed E-state index contributed by atoms with van der Waals surface area (Å²) >= 11 is 0. The number of pyridine rings is 1. The fourth-order valence-corrected chi connectivity index (χ4v) is 8.24. The number of aryl methyl sites for hydroxylation is 1. The number of fused-ring (bicyclic) bond motifs is 8. The van der Waals surface area contributed by atoms with E-state index in [-0.39, 0.29) is 22.0 Å². The highest BCUT2D eigenvalue weighted by Gasteiger charge is 2.28. The molecule has 0 unspecified atom stereocenters. The van der Waals surface area contributed by atoms with Crippen molar-refractivity contribution in [3.05, 3.63) is 140 Å². The first-order chi connectivity index (χ1) is 29.3. The number of hydrogen-bond acceptors (Lipinski definition) is 5. The molecule has 0 saturated carbocycles. The van der Waals surface area contributed by atoms with Crippen LogP contribution in [0.3, 0.4) is 0 Å². The second-order valence-electron chi connectivity index (χ2n) is 20.5. The standard InChI is InChI=1S/C56H72N2O4/c1-14-21-60-51-39-24-37-34-48(57-36-49-19-17-18-20-58(49)13)35-38(50(37)59)25-40-29-46(55(7,8)9)31-42(52(40)61-22-15-2)27-44-33-47(56(10,11)12)32-43(53(44)62-23-16-3)26-41(51)30-45(28-39)54(4,5)6/h17-20,28-36H,14-16,21-27H2,1-13H3/p+1. The van der Waals surface area contributed by atoms with Gasteiger partial charge in [-0.15, -0.1) is 0 Å². The van der Waals surface area contributed by atoms with Crippen LogP contribution in [0.5, 0.6) is 23.0 Å². The number of ether oxygens (including phenoxy) is 3. The average Bonchev–Trinajstić information content (AvgIpc) is 3.19. The van der Waals surface area contributed by atoms with Gasteiger partial charge in [0.15, 0.2) is 6.20 Å². The largest absolute Gasteiger partial charge is 0.507 e. The summed E-state index contributed by atoms with van der Waals surface area (Å²) in [6, 6.07) is 24.3. The molecular formula is C56H73N2O4+. The Balaban J connectivity index is 1.74. The van der Waals surface area contributed by atoms with E-state index in [2.05, 4.69) is 142 Å². The Kier molecular flexibility index (Phi) is 14.3. The first-order valence-corrected chi connectivity index (χ1v) is 23.0. The van der Waals surface area contributed by atoms with E-state index in [1.807, 2.05) is 31.6 Å². The summed E-state index contributed by atoms with van der Waals surface area (Å²) in [6.07, 6.45) is 8.79. The van der Waals surface area contributed by atoms with E-state index in [9.17, 15) is 5.11 Å². The molecule has 5 aromatic rings. The van der Waals surface area contributed by atoms with Crippen LogP contribution in [-0.4, -0.2) is 31.1 Å². The Bertz CT molecular complexity index is 2280. The van der Waals surface area contributed by atoms with Gasteiger partial charge in [-0.25, -0.2) is 9.56 Å². The van der Waals surface area contributed by atoms with E-state index in [0.717, 1.165) is 92.4 Å². The lowest BCUT2D eigenvalue weighted by atomic mass is 9.80. The first-order valence-electron chi connectivity index (χ1n) is 23.0. The summed E-state index contributed by atoms with van der Waals surface area (Å²) in [5.41, 5.74) is 13.4. The Hall–Kier alpha value is -5.10. The van der Waals surface area contributed by atoms with Crippen molar-refractivity contribution in [1.82, 2.24) is 0 Å². The van der Waals surface area contributed by atoms with Gasteiger partial charge in [0.25, 0.3) is 0 Å². The van der Waals surface area contributed by atoms with Crippen LogP contribution in [0.4, 0.5) is 5.69 Å². The molecule has 8 bridgehead atoms. The molecule has 0 radical (unpaired) electrons. The van der Waals surface area contributed by atoms with Gasteiger partial charge in [-0.2, -0.15) is 0 Å². The fourth-order valence-electron chi connectivity index (χ4n) is 8.24. The van der Waals surface area contributed by atoms with E-state index in [1.54, 1.807) is 0 Å². The fraction of sp³-hybridized carbons (Fsp3) is 0.464. The van der Waals surface area contributed by atoms with Crippen molar-refractivity contribution in [2.45, 2.75) is 144 Å². The Morgan fingerprint density at radius 3 is 1.18 bits per heavy atom. The number of aromatic nitrogens is 1. The second kappa shape index (κ2) is 19.1. The van der Waals surface area contributed by atoms with Crippen LogP contribution in [0.15, 0.2) is 77.9 Å². The van der Waals surface area contributed by atoms with Crippen molar-refractivity contribution in [3.63, 3.8) is 0 Å². The smallest absolute Gasteiger partial charge is 0.223 e. The zero-order chi connectivity index (χ0) is 45.0. The third-order valence-corrected chi connectivity index (χ3v) is 11.9. The minimum absolute atomic E-state index is 0.105. The molecule has 1 aliphatic rings. The number of hydrogen-bond donors (Lipinski definition) is 1. The number of benzene rings is 4. The van der Waals surface area contributed by atoms with Gasteiger partial charge in [0, 0.05) is 48.9 Å². The minimum Gasteiger partial charge on any atom is -0.507 e. The van der Waals surface area contributed by atoms with Gasteiger partial charge in [0.2, 0.25) is 5.69 Å². The predicted octanol–water partition coefficient (Wildman–Crippen LogP) is 12.9. The lowest BCUT2D eigenvalue weighted by molar-refractivity contribution is -0.672. The maximum Gasteiger partial charge on any atom is 0.223 e. The van der Waals surface area contributed by atoms with Crippen LogP contribution in [0, 0.1) is 0 Å². The number of aromatic hydroxyl groups is 1. The van der Waals surface area contributed by atoms with Crippen molar-refractivity contribution >= 4 is 11.9 Å². The lowest BCUT2D eigenvalue weighted by Crippen LogP contribution is -2.32. The summed E-state index contributed by atoms with van der Waals surface area (Å²) in [5, 5.41) is 12.5. The number of aliphatic imine (C=N–C) groups is 1. The van der Waals surface area contributed by atoms with Crippen LogP contribution in [0.25, 0.3) is 0 Å². The van der Waals surface area contributed by atoms with Gasteiger partial charge >= 0.3 is 0 Å². The highest BCUT2D eigenvalue weighted by atomic mass is 16.5. The Labute approximate surface area is 373 Å². The maximum absolute atomic E-state index is 12.5. The third kappa shape index (κ3) is 10.9. The molecule has 1 aliphatic carbocycles. The van der Waals surface area contributed by atoms with Gasteiger partial charge < -0.3 is 19.3 Å². The summed E-state index contributed by atoms with van der Waals surface area (Å²) in [5.74, 6) is 3.01. The Morgan fingerprint density at radius 2 is 0.871 bits per heavy atom. The summed E-state index contributed by atoms with van der Waals surface area (Å²) < 4.78 is 22.6. The average molecular weight is 838 g/mol. The molecule has 0 aliphatic heterocycles. The lowest BCUT2D eigenvalue weighted by Gasteiger charge is -2.28. The van der Waals surface area contributed by atoms with Gasteiger partial charge in [0.05, 0.1) is 31.7 Å². The molecule has 1 heterocycles. The molecule has 62 heavy (non-hydrogen) atoms. The molecule has 6 nitrogen and oxygen atoms in total. The van der Waals surface area contributed by atoms with Crippen LogP contribution >= 0.6 is 0 Å². The van der Waals surface area contributed by atoms with E-state index in [0.29, 0.717) is 45.5 Å². The predicted molar refractivity (Wildman–Crippen MR) is 257 cm³/mol. The van der Waals surface area contributed by atoms with E-state index in [1.165, 1.54) is 16.7 Å². The number of nitrogens with zero attached hydrogens (tertiary/aromatic N) is 2. The number of rotatable bonds is 11. The molecular weight excluding hydrogens is 765 g/mol. The van der Waals surface area contributed by atoms with Gasteiger partial charge in [-0.3, -0.25) is 0 Å². The molecule has 0 saturated heterocycles. The van der Waals surface area contributed by atoms with E-state index < -0.39 is 0 Å². The highest BCUT2D eigenvalue weighted by molar-refractivity contribution is 5.78. The summed E-state index contributed by atoms with van der Waals surface area (Å²) in [4.78, 5) is 5.08. The van der Waals surface area contributed by atoms with Crippen molar-refractivity contribution in [2.24, 2.45) is 12.0 Å².